The first-order chi connectivity index (χ1) is 10.4. The number of furan rings is 1. The van der Waals surface area contributed by atoms with Crippen LogP contribution in [-0.2, 0) is 4.74 Å². The van der Waals surface area contributed by atoms with Gasteiger partial charge in [0.05, 0.1) is 0 Å². The maximum absolute atomic E-state index is 5.87. The fraction of sp³-hybridized carbons (Fsp3) is 0.333. The molecule has 0 radical (unpaired) electrons. The molecule has 4 rings (SSSR count). The molecule has 1 unspecified atom stereocenters. The molecule has 3 aromatic rings. The van der Waals surface area contributed by atoms with Crippen LogP contribution in [0.1, 0.15) is 19.3 Å². The zero-order chi connectivity index (χ0) is 14.1. The highest BCUT2D eigenvalue weighted by molar-refractivity contribution is 6.05. The maximum Gasteiger partial charge on any atom is 0.135 e. The van der Waals surface area contributed by atoms with Gasteiger partial charge in [0.25, 0.3) is 0 Å². The molecule has 2 aromatic carbocycles. The molecule has 0 saturated carbocycles. The lowest BCUT2D eigenvalue weighted by atomic mass is 10.1. The molecule has 3 heteroatoms. The van der Waals surface area contributed by atoms with Crippen LogP contribution < -0.4 is 5.32 Å². The Balaban J connectivity index is 1.67. The van der Waals surface area contributed by atoms with Crippen molar-refractivity contribution in [2.24, 2.45) is 0 Å². The zero-order valence-corrected chi connectivity index (χ0v) is 12.0. The quantitative estimate of drug-likeness (QED) is 0.747. The van der Waals surface area contributed by atoms with Crippen molar-refractivity contribution in [1.29, 1.82) is 0 Å². The van der Waals surface area contributed by atoms with Crippen molar-refractivity contribution < 1.29 is 9.15 Å². The van der Waals surface area contributed by atoms with Crippen molar-refractivity contribution >= 4 is 27.6 Å². The summed E-state index contributed by atoms with van der Waals surface area (Å²) >= 11 is 0. The first-order valence-corrected chi connectivity index (χ1v) is 7.66. The minimum atomic E-state index is 0.503. The van der Waals surface area contributed by atoms with Crippen molar-refractivity contribution in [3.05, 3.63) is 42.5 Å². The molecular formula is C18H19NO2. The molecule has 1 atom stereocenters. The van der Waals surface area contributed by atoms with Crippen molar-refractivity contribution in [2.75, 3.05) is 18.5 Å². The molecule has 1 fully saturated rings. The van der Waals surface area contributed by atoms with Gasteiger partial charge in [-0.1, -0.05) is 18.2 Å². The molecule has 21 heavy (non-hydrogen) atoms. The Labute approximate surface area is 123 Å². The molecule has 0 bridgehead atoms. The fourth-order valence-electron chi connectivity index (χ4n) is 3.10. The second kappa shape index (κ2) is 5.41. The lowest BCUT2D eigenvalue weighted by Gasteiger charge is -2.17. The van der Waals surface area contributed by atoms with E-state index in [1.54, 1.807) is 0 Å². The minimum absolute atomic E-state index is 0.503. The Kier molecular flexibility index (Phi) is 3.28. The number of rotatable bonds is 2. The van der Waals surface area contributed by atoms with Crippen LogP contribution in [0, 0.1) is 0 Å². The molecule has 0 amide bonds. The van der Waals surface area contributed by atoms with E-state index in [4.69, 9.17) is 9.15 Å². The van der Waals surface area contributed by atoms with Crippen molar-refractivity contribution in [3.63, 3.8) is 0 Å². The number of para-hydroxylation sites is 1. The second-order valence-electron chi connectivity index (χ2n) is 5.69. The van der Waals surface area contributed by atoms with Gasteiger partial charge in [-0.05, 0) is 43.5 Å². The summed E-state index contributed by atoms with van der Waals surface area (Å²) in [7, 11) is 0. The average molecular weight is 281 g/mol. The molecule has 3 nitrogen and oxygen atoms in total. The Morgan fingerprint density at radius 3 is 2.81 bits per heavy atom. The number of ether oxygens (including phenoxy) is 1. The van der Waals surface area contributed by atoms with Gasteiger partial charge in [-0.15, -0.1) is 0 Å². The van der Waals surface area contributed by atoms with Gasteiger partial charge in [-0.3, -0.25) is 0 Å². The molecule has 108 valence electrons. The zero-order valence-electron chi connectivity index (χ0n) is 12.0. The van der Waals surface area contributed by atoms with Crippen molar-refractivity contribution in [3.8, 4) is 0 Å². The third kappa shape index (κ3) is 2.49. The topological polar surface area (TPSA) is 34.4 Å². The van der Waals surface area contributed by atoms with E-state index in [9.17, 15) is 0 Å². The van der Waals surface area contributed by atoms with Crippen molar-refractivity contribution in [1.82, 2.24) is 0 Å². The van der Waals surface area contributed by atoms with Gasteiger partial charge in [0.1, 0.15) is 11.2 Å². The Morgan fingerprint density at radius 1 is 0.905 bits per heavy atom. The van der Waals surface area contributed by atoms with E-state index in [-0.39, 0.29) is 0 Å². The molecule has 1 saturated heterocycles. The second-order valence-corrected chi connectivity index (χ2v) is 5.69. The number of hydrogen-bond acceptors (Lipinski definition) is 3. The van der Waals surface area contributed by atoms with E-state index in [1.165, 1.54) is 22.9 Å². The first kappa shape index (κ1) is 12.7. The lowest BCUT2D eigenvalue weighted by molar-refractivity contribution is 0.144. The summed E-state index contributed by atoms with van der Waals surface area (Å²) in [6.45, 7) is 1.75. The van der Waals surface area contributed by atoms with Gasteiger partial charge in [-0.2, -0.15) is 0 Å². The first-order valence-electron chi connectivity index (χ1n) is 7.66. The SMILES string of the molecule is c1ccc2c(c1)oc1ccc(NC3CCCOCC3)cc12. The molecule has 1 N–H and O–H groups in total. The number of nitrogens with one attached hydrogen (secondary N) is 1. The summed E-state index contributed by atoms with van der Waals surface area (Å²) in [6.07, 6.45) is 3.38. The number of benzene rings is 2. The van der Waals surface area contributed by atoms with Crippen molar-refractivity contribution in [2.45, 2.75) is 25.3 Å². The van der Waals surface area contributed by atoms with Gasteiger partial charge >= 0.3 is 0 Å². The normalized spacial score (nSPS) is 19.7. The fourth-order valence-corrected chi connectivity index (χ4v) is 3.10. The Morgan fingerprint density at radius 2 is 1.81 bits per heavy atom. The van der Waals surface area contributed by atoms with E-state index in [2.05, 4.69) is 35.6 Å². The van der Waals surface area contributed by atoms with Crippen LogP contribution in [0.15, 0.2) is 46.9 Å². The molecule has 0 spiro atoms. The molecule has 1 aliphatic heterocycles. The summed E-state index contributed by atoms with van der Waals surface area (Å²) in [5.41, 5.74) is 3.07. The summed E-state index contributed by atoms with van der Waals surface area (Å²) in [6, 6.07) is 15.1. The van der Waals surface area contributed by atoms with E-state index >= 15 is 0 Å². The predicted molar refractivity (Wildman–Crippen MR) is 85.8 cm³/mol. The van der Waals surface area contributed by atoms with Gasteiger partial charge < -0.3 is 14.5 Å². The van der Waals surface area contributed by atoms with Gasteiger partial charge in [0.15, 0.2) is 0 Å². The third-order valence-electron chi connectivity index (χ3n) is 4.20. The largest absolute Gasteiger partial charge is 0.456 e. The van der Waals surface area contributed by atoms with Crippen LogP contribution in [-0.4, -0.2) is 19.3 Å². The predicted octanol–water partition coefficient (Wildman–Crippen LogP) is 4.57. The van der Waals surface area contributed by atoms with Crippen LogP contribution in [0.3, 0.4) is 0 Å². The van der Waals surface area contributed by atoms with Crippen LogP contribution in [0.25, 0.3) is 21.9 Å². The standard InChI is InChI=1S/C18H19NO2/c1-2-6-17-15(5-1)16-12-14(7-8-18(16)21-17)19-13-4-3-10-20-11-9-13/h1-2,5-8,12-13,19H,3-4,9-11H2. The monoisotopic (exact) mass is 281 g/mol. The summed E-state index contributed by atoms with van der Waals surface area (Å²) in [4.78, 5) is 0. The average Bonchev–Trinajstić information content (AvgIpc) is 2.68. The maximum atomic E-state index is 5.87. The highest BCUT2D eigenvalue weighted by Crippen LogP contribution is 2.31. The molecule has 2 heterocycles. The Hall–Kier alpha value is -2.00. The highest BCUT2D eigenvalue weighted by atomic mass is 16.5. The minimum Gasteiger partial charge on any atom is -0.456 e. The van der Waals surface area contributed by atoms with Crippen LogP contribution in [0.2, 0.25) is 0 Å². The summed E-state index contributed by atoms with van der Waals surface area (Å²) in [5.74, 6) is 0. The molecule has 0 aliphatic carbocycles. The third-order valence-corrected chi connectivity index (χ3v) is 4.20. The number of anilines is 1. The number of hydrogen-bond donors (Lipinski definition) is 1. The van der Waals surface area contributed by atoms with Gasteiger partial charge in [0.2, 0.25) is 0 Å². The van der Waals surface area contributed by atoms with E-state index in [0.29, 0.717) is 6.04 Å². The lowest BCUT2D eigenvalue weighted by Crippen LogP contribution is -2.19. The van der Waals surface area contributed by atoms with Gasteiger partial charge in [0, 0.05) is 35.7 Å². The van der Waals surface area contributed by atoms with E-state index in [1.807, 2.05) is 12.1 Å². The highest BCUT2D eigenvalue weighted by Gasteiger charge is 2.13. The summed E-state index contributed by atoms with van der Waals surface area (Å²) < 4.78 is 11.4. The van der Waals surface area contributed by atoms with Crippen LogP contribution in [0.4, 0.5) is 5.69 Å². The van der Waals surface area contributed by atoms with E-state index < -0.39 is 0 Å². The molecular weight excluding hydrogens is 262 g/mol. The van der Waals surface area contributed by atoms with Crippen LogP contribution in [0.5, 0.6) is 0 Å². The smallest absolute Gasteiger partial charge is 0.135 e. The Bertz CT molecular complexity index is 754. The van der Waals surface area contributed by atoms with E-state index in [0.717, 1.165) is 37.2 Å². The summed E-state index contributed by atoms with van der Waals surface area (Å²) in [5, 5.41) is 6.01. The molecule has 1 aromatic heterocycles. The van der Waals surface area contributed by atoms with Gasteiger partial charge in [-0.25, -0.2) is 0 Å². The van der Waals surface area contributed by atoms with Crippen LogP contribution >= 0.6 is 0 Å². The molecule has 1 aliphatic rings. The number of fused-ring (bicyclic) bond motifs is 3.